The maximum Gasteiger partial charge on any atom is 0.226 e. The van der Waals surface area contributed by atoms with Gasteiger partial charge in [0.1, 0.15) is 0 Å². The van der Waals surface area contributed by atoms with Gasteiger partial charge >= 0.3 is 0 Å². The lowest BCUT2D eigenvalue weighted by Gasteiger charge is -2.16. The Morgan fingerprint density at radius 2 is 2.37 bits per heavy atom. The van der Waals surface area contributed by atoms with Gasteiger partial charge in [-0.25, -0.2) is 0 Å². The standard InChI is InChI=1S/C13H22N4O2/c1-2-12-16-11(17-19-12)6-7-15-13(18)10-5-3-4-9(10)8-14/h9-10H,2-8,14H2,1H3,(H,15,18)/t9-,10-/m1/s1. The van der Waals surface area contributed by atoms with Gasteiger partial charge in [-0.15, -0.1) is 0 Å². The number of aryl methyl sites for hydroxylation is 1. The van der Waals surface area contributed by atoms with Crippen molar-refractivity contribution in [3.05, 3.63) is 11.7 Å². The first kappa shape index (κ1) is 14.0. The first-order chi connectivity index (χ1) is 9.24. The Balaban J connectivity index is 1.74. The van der Waals surface area contributed by atoms with Gasteiger partial charge in [0.05, 0.1) is 0 Å². The Morgan fingerprint density at radius 1 is 1.53 bits per heavy atom. The largest absolute Gasteiger partial charge is 0.355 e. The van der Waals surface area contributed by atoms with Gasteiger partial charge in [-0.2, -0.15) is 4.98 Å². The number of hydrogen-bond donors (Lipinski definition) is 2. The van der Waals surface area contributed by atoms with Crippen LogP contribution in [-0.2, 0) is 17.6 Å². The van der Waals surface area contributed by atoms with Crippen LogP contribution in [0.1, 0.15) is 37.9 Å². The maximum atomic E-state index is 12.0. The predicted octanol–water partition coefficient (Wildman–Crippen LogP) is 0.666. The summed E-state index contributed by atoms with van der Waals surface area (Å²) in [6.07, 6.45) is 4.47. The second-order valence-electron chi connectivity index (χ2n) is 5.03. The summed E-state index contributed by atoms with van der Waals surface area (Å²) in [6.45, 7) is 3.12. The van der Waals surface area contributed by atoms with Crippen LogP contribution in [0.5, 0.6) is 0 Å². The number of carbonyl (C=O) groups is 1. The van der Waals surface area contributed by atoms with Crippen LogP contribution in [0.2, 0.25) is 0 Å². The predicted molar refractivity (Wildman–Crippen MR) is 70.3 cm³/mol. The summed E-state index contributed by atoms with van der Waals surface area (Å²) < 4.78 is 5.02. The summed E-state index contributed by atoms with van der Waals surface area (Å²) in [5, 5.41) is 6.80. The highest BCUT2D eigenvalue weighted by Crippen LogP contribution is 2.30. The van der Waals surface area contributed by atoms with E-state index in [9.17, 15) is 4.79 Å². The molecule has 1 aliphatic carbocycles. The Hall–Kier alpha value is -1.43. The molecule has 1 amide bonds. The summed E-state index contributed by atoms with van der Waals surface area (Å²) in [6, 6.07) is 0. The summed E-state index contributed by atoms with van der Waals surface area (Å²) in [4.78, 5) is 16.2. The Bertz CT molecular complexity index is 419. The molecule has 2 rings (SSSR count). The summed E-state index contributed by atoms with van der Waals surface area (Å²) in [7, 11) is 0. The second kappa shape index (κ2) is 6.65. The molecule has 2 atom stereocenters. The van der Waals surface area contributed by atoms with E-state index in [1.807, 2.05) is 6.92 Å². The molecule has 19 heavy (non-hydrogen) atoms. The average Bonchev–Trinajstić information content (AvgIpc) is 3.06. The lowest BCUT2D eigenvalue weighted by atomic mass is 9.95. The molecule has 6 nitrogen and oxygen atoms in total. The molecule has 1 saturated carbocycles. The quantitative estimate of drug-likeness (QED) is 0.789. The highest BCUT2D eigenvalue weighted by molar-refractivity contribution is 5.79. The summed E-state index contributed by atoms with van der Waals surface area (Å²) in [5.74, 6) is 1.84. The van der Waals surface area contributed by atoms with Crippen molar-refractivity contribution in [3.8, 4) is 0 Å². The van der Waals surface area contributed by atoms with Crippen molar-refractivity contribution in [1.29, 1.82) is 0 Å². The Kier molecular flexibility index (Phi) is 4.90. The number of nitrogens with one attached hydrogen (secondary N) is 1. The van der Waals surface area contributed by atoms with Gasteiger partial charge in [0, 0.05) is 25.3 Å². The van der Waals surface area contributed by atoms with E-state index < -0.39 is 0 Å². The number of nitrogens with zero attached hydrogens (tertiary/aromatic N) is 2. The molecule has 1 aliphatic rings. The van der Waals surface area contributed by atoms with Crippen molar-refractivity contribution in [3.63, 3.8) is 0 Å². The molecule has 3 N–H and O–H groups in total. The molecule has 0 radical (unpaired) electrons. The van der Waals surface area contributed by atoms with Crippen LogP contribution >= 0.6 is 0 Å². The van der Waals surface area contributed by atoms with Gasteiger partial charge in [-0.1, -0.05) is 18.5 Å². The molecular formula is C13H22N4O2. The first-order valence-corrected chi connectivity index (χ1v) is 7.03. The van der Waals surface area contributed by atoms with Gasteiger partial charge in [-0.05, 0) is 25.3 Å². The van der Waals surface area contributed by atoms with Crippen LogP contribution in [0.25, 0.3) is 0 Å². The second-order valence-corrected chi connectivity index (χ2v) is 5.03. The molecule has 0 saturated heterocycles. The number of nitrogens with two attached hydrogens (primary N) is 1. The van der Waals surface area contributed by atoms with Crippen LogP contribution < -0.4 is 11.1 Å². The van der Waals surface area contributed by atoms with Crippen molar-refractivity contribution in [1.82, 2.24) is 15.5 Å². The zero-order chi connectivity index (χ0) is 13.7. The van der Waals surface area contributed by atoms with Crippen LogP contribution in [0.15, 0.2) is 4.52 Å². The summed E-state index contributed by atoms with van der Waals surface area (Å²) in [5.41, 5.74) is 5.69. The number of carbonyl (C=O) groups excluding carboxylic acids is 1. The van der Waals surface area contributed by atoms with Crippen LogP contribution in [0, 0.1) is 11.8 Å². The highest BCUT2D eigenvalue weighted by atomic mass is 16.5. The van der Waals surface area contributed by atoms with Crippen molar-refractivity contribution in [2.24, 2.45) is 17.6 Å². The average molecular weight is 266 g/mol. The van der Waals surface area contributed by atoms with E-state index in [2.05, 4.69) is 15.5 Å². The first-order valence-electron chi connectivity index (χ1n) is 7.03. The molecule has 6 heteroatoms. The molecule has 0 aromatic carbocycles. The van der Waals surface area contributed by atoms with Crippen molar-refractivity contribution >= 4 is 5.91 Å². The zero-order valence-corrected chi connectivity index (χ0v) is 11.4. The van der Waals surface area contributed by atoms with Crippen LogP contribution in [0.3, 0.4) is 0 Å². The van der Waals surface area contributed by atoms with E-state index in [0.717, 1.165) is 25.7 Å². The molecule has 106 valence electrons. The van der Waals surface area contributed by atoms with Gasteiger partial charge < -0.3 is 15.6 Å². The van der Waals surface area contributed by atoms with Crippen molar-refractivity contribution < 1.29 is 9.32 Å². The number of aromatic nitrogens is 2. The van der Waals surface area contributed by atoms with Gasteiger partial charge in [0.15, 0.2) is 5.82 Å². The SMILES string of the molecule is CCc1nc(CCNC(=O)[C@@H]2CCC[C@@H]2CN)no1. The van der Waals surface area contributed by atoms with Crippen LogP contribution in [-0.4, -0.2) is 29.1 Å². The van der Waals surface area contributed by atoms with E-state index in [0.29, 0.717) is 37.1 Å². The molecule has 1 aromatic heterocycles. The van der Waals surface area contributed by atoms with E-state index in [-0.39, 0.29) is 11.8 Å². The third-order valence-corrected chi connectivity index (χ3v) is 3.76. The topological polar surface area (TPSA) is 94.0 Å². The Morgan fingerprint density at radius 3 is 3.05 bits per heavy atom. The number of hydrogen-bond acceptors (Lipinski definition) is 5. The maximum absolute atomic E-state index is 12.0. The molecule has 0 unspecified atom stereocenters. The van der Waals surface area contributed by atoms with E-state index >= 15 is 0 Å². The molecule has 0 bridgehead atoms. The summed E-state index contributed by atoms with van der Waals surface area (Å²) >= 11 is 0. The van der Waals surface area contributed by atoms with E-state index in [4.69, 9.17) is 10.3 Å². The van der Waals surface area contributed by atoms with E-state index in [1.165, 1.54) is 0 Å². The Labute approximate surface area is 113 Å². The van der Waals surface area contributed by atoms with Crippen molar-refractivity contribution in [2.75, 3.05) is 13.1 Å². The normalized spacial score (nSPS) is 22.6. The third kappa shape index (κ3) is 3.53. The van der Waals surface area contributed by atoms with Gasteiger partial charge in [-0.3, -0.25) is 4.79 Å². The minimum absolute atomic E-state index is 0.0847. The zero-order valence-electron chi connectivity index (χ0n) is 11.4. The minimum atomic E-state index is 0.0847. The number of amides is 1. The lowest BCUT2D eigenvalue weighted by molar-refractivity contribution is -0.125. The molecule has 1 aromatic rings. The minimum Gasteiger partial charge on any atom is -0.355 e. The molecule has 1 heterocycles. The van der Waals surface area contributed by atoms with E-state index in [1.54, 1.807) is 0 Å². The van der Waals surface area contributed by atoms with Gasteiger partial charge in [0.25, 0.3) is 0 Å². The van der Waals surface area contributed by atoms with Gasteiger partial charge in [0.2, 0.25) is 11.8 Å². The van der Waals surface area contributed by atoms with Crippen LogP contribution in [0.4, 0.5) is 0 Å². The fourth-order valence-electron chi connectivity index (χ4n) is 2.63. The lowest BCUT2D eigenvalue weighted by Crippen LogP contribution is -2.36. The monoisotopic (exact) mass is 266 g/mol. The highest BCUT2D eigenvalue weighted by Gasteiger charge is 2.31. The fourth-order valence-corrected chi connectivity index (χ4v) is 2.63. The number of rotatable bonds is 6. The molecule has 1 fully saturated rings. The molecule has 0 spiro atoms. The molecular weight excluding hydrogens is 244 g/mol. The fraction of sp³-hybridized carbons (Fsp3) is 0.769. The smallest absolute Gasteiger partial charge is 0.226 e. The third-order valence-electron chi connectivity index (χ3n) is 3.76. The van der Waals surface area contributed by atoms with Crippen molar-refractivity contribution in [2.45, 2.75) is 39.0 Å². The molecule has 0 aliphatic heterocycles.